The fourth-order valence-corrected chi connectivity index (χ4v) is 4.00. The Balaban J connectivity index is 0.00000161. The number of halogens is 1. The molecule has 4 heteroatoms. The average Bonchev–Trinajstić information content (AvgIpc) is 3.05. The largest absolute Gasteiger partial charge is 1.00 e. The Labute approximate surface area is 137 Å². The predicted molar refractivity (Wildman–Crippen MR) is 78.1 cm³/mol. The van der Waals surface area contributed by atoms with Crippen LogP contribution in [0, 0.1) is 11.8 Å². The Bertz CT molecular complexity index is 479. The van der Waals surface area contributed by atoms with Crippen molar-refractivity contribution >= 4 is 5.97 Å². The number of piperidine rings is 1. The summed E-state index contributed by atoms with van der Waals surface area (Å²) < 4.78 is 6.37. The Kier molecular flexibility index (Phi) is 5.44. The van der Waals surface area contributed by atoms with Crippen molar-refractivity contribution in [3.05, 3.63) is 35.9 Å². The van der Waals surface area contributed by atoms with Crippen LogP contribution in [0.25, 0.3) is 0 Å². The molecule has 3 nitrogen and oxygen atoms in total. The first-order valence-corrected chi connectivity index (χ1v) is 7.78. The van der Waals surface area contributed by atoms with Crippen molar-refractivity contribution in [2.75, 3.05) is 32.8 Å². The molecule has 0 N–H and O–H groups in total. The van der Waals surface area contributed by atoms with Gasteiger partial charge < -0.3 is 26.2 Å². The van der Waals surface area contributed by atoms with Crippen molar-refractivity contribution in [2.45, 2.75) is 19.8 Å². The van der Waals surface area contributed by atoms with Gasteiger partial charge in [0, 0.05) is 18.8 Å². The SMILES string of the molecule is CCOC(=O)[C@@H]1C[N@@+]2(CCc3ccccc3)CC[C@H]1C2.[Br-]. The second-order valence-electron chi connectivity index (χ2n) is 6.30. The van der Waals surface area contributed by atoms with Crippen LogP contribution in [0.15, 0.2) is 30.3 Å². The van der Waals surface area contributed by atoms with E-state index in [1.165, 1.54) is 25.1 Å². The van der Waals surface area contributed by atoms with Crippen LogP contribution >= 0.6 is 0 Å². The van der Waals surface area contributed by atoms with Gasteiger partial charge in [-0.25, -0.2) is 0 Å². The monoisotopic (exact) mass is 353 g/mol. The maximum atomic E-state index is 12.0. The molecule has 0 saturated carbocycles. The first kappa shape index (κ1) is 16.5. The molecule has 2 bridgehead atoms. The number of nitrogens with zero attached hydrogens (tertiary/aromatic N) is 1. The van der Waals surface area contributed by atoms with E-state index in [2.05, 4.69) is 30.3 Å². The van der Waals surface area contributed by atoms with E-state index in [1.807, 2.05) is 6.92 Å². The molecule has 21 heavy (non-hydrogen) atoms. The van der Waals surface area contributed by atoms with Gasteiger partial charge in [0.05, 0.1) is 32.8 Å². The number of quaternary nitrogens is 1. The molecule has 0 radical (unpaired) electrons. The van der Waals surface area contributed by atoms with Crippen molar-refractivity contribution in [3.63, 3.8) is 0 Å². The van der Waals surface area contributed by atoms with Gasteiger partial charge in [-0.05, 0) is 12.5 Å². The summed E-state index contributed by atoms with van der Waals surface area (Å²) in [4.78, 5) is 12.0. The van der Waals surface area contributed by atoms with Crippen LogP contribution in [-0.4, -0.2) is 43.2 Å². The fraction of sp³-hybridized carbons (Fsp3) is 0.588. The molecule has 0 spiro atoms. The van der Waals surface area contributed by atoms with E-state index in [1.54, 1.807) is 0 Å². The summed E-state index contributed by atoms with van der Waals surface area (Å²) in [5.74, 6) is 0.751. The van der Waals surface area contributed by atoms with E-state index in [0.717, 1.165) is 24.0 Å². The molecule has 2 heterocycles. The smallest absolute Gasteiger partial charge is 0.315 e. The molecule has 0 amide bonds. The van der Waals surface area contributed by atoms with Crippen LogP contribution in [0.1, 0.15) is 18.9 Å². The van der Waals surface area contributed by atoms with Gasteiger partial charge in [0.25, 0.3) is 0 Å². The average molecular weight is 354 g/mol. The second kappa shape index (κ2) is 6.93. The molecule has 2 aliphatic heterocycles. The molecular formula is C17H24BrNO2. The number of fused-ring (bicyclic) bond motifs is 2. The number of hydrogen-bond donors (Lipinski definition) is 0. The number of carbonyl (C=O) groups is 1. The lowest BCUT2D eigenvalue weighted by molar-refractivity contribution is -0.910. The minimum Gasteiger partial charge on any atom is -1.00 e. The topological polar surface area (TPSA) is 26.3 Å². The number of ether oxygens (including phenoxy) is 1. The molecule has 3 atom stereocenters. The molecule has 2 fully saturated rings. The van der Waals surface area contributed by atoms with Crippen LogP contribution in [0.3, 0.4) is 0 Å². The lowest BCUT2D eigenvalue weighted by Crippen LogP contribution is -3.00. The van der Waals surface area contributed by atoms with Crippen molar-refractivity contribution in [3.8, 4) is 0 Å². The van der Waals surface area contributed by atoms with Gasteiger partial charge in [-0.1, -0.05) is 30.3 Å². The zero-order chi connectivity index (χ0) is 14.0. The lowest BCUT2D eigenvalue weighted by Gasteiger charge is -2.33. The van der Waals surface area contributed by atoms with Crippen LogP contribution in [0.4, 0.5) is 0 Å². The Morgan fingerprint density at radius 2 is 2.05 bits per heavy atom. The molecule has 1 aromatic rings. The summed E-state index contributed by atoms with van der Waals surface area (Å²) in [6, 6.07) is 10.7. The third-order valence-corrected chi connectivity index (χ3v) is 5.06. The van der Waals surface area contributed by atoms with Gasteiger partial charge in [0.1, 0.15) is 5.92 Å². The van der Waals surface area contributed by atoms with E-state index in [9.17, 15) is 4.79 Å². The number of hydrogen-bond acceptors (Lipinski definition) is 2. The second-order valence-corrected chi connectivity index (χ2v) is 6.30. The Hall–Kier alpha value is -0.870. The number of rotatable bonds is 5. The lowest BCUT2D eigenvalue weighted by atomic mass is 9.92. The minimum absolute atomic E-state index is 0. The molecule has 1 aromatic carbocycles. The summed E-state index contributed by atoms with van der Waals surface area (Å²) in [6.45, 7) is 6.98. The summed E-state index contributed by atoms with van der Waals surface area (Å²) in [7, 11) is 0. The van der Waals surface area contributed by atoms with E-state index in [0.29, 0.717) is 12.5 Å². The van der Waals surface area contributed by atoms with Crippen LogP contribution in [0.5, 0.6) is 0 Å². The van der Waals surface area contributed by atoms with E-state index < -0.39 is 0 Å². The molecule has 2 aliphatic rings. The standard InChI is InChI=1S/C17H24NO2.BrH/c1-2-20-17(19)16-13-18(11-9-15(16)12-18)10-8-14-6-4-3-5-7-14;/h3-7,15-16H,2,8-13H2,1H3;1H/q+1;/p-1/t15-,16+,18-;/m0./s1. The number of carbonyl (C=O) groups excluding carboxylic acids is 1. The van der Waals surface area contributed by atoms with E-state index in [-0.39, 0.29) is 28.9 Å². The first-order chi connectivity index (χ1) is 9.72. The number of benzene rings is 1. The van der Waals surface area contributed by atoms with Crippen molar-refractivity contribution in [1.29, 1.82) is 0 Å². The van der Waals surface area contributed by atoms with Crippen molar-refractivity contribution < 1.29 is 31.0 Å². The van der Waals surface area contributed by atoms with E-state index >= 15 is 0 Å². The molecule has 3 rings (SSSR count). The highest BCUT2D eigenvalue weighted by atomic mass is 79.9. The predicted octanol–water partition coefficient (Wildman–Crippen LogP) is -0.737. The third-order valence-electron chi connectivity index (χ3n) is 5.06. The van der Waals surface area contributed by atoms with Gasteiger partial charge in [-0.3, -0.25) is 4.79 Å². The quantitative estimate of drug-likeness (QED) is 0.515. The van der Waals surface area contributed by atoms with Gasteiger partial charge in [0.15, 0.2) is 0 Å². The molecule has 0 aromatic heterocycles. The van der Waals surface area contributed by atoms with Crippen molar-refractivity contribution in [2.24, 2.45) is 11.8 Å². The van der Waals surface area contributed by atoms with Gasteiger partial charge in [-0.2, -0.15) is 0 Å². The zero-order valence-electron chi connectivity index (χ0n) is 12.6. The highest BCUT2D eigenvalue weighted by Crippen LogP contribution is 2.40. The van der Waals surface area contributed by atoms with Crippen molar-refractivity contribution in [1.82, 2.24) is 0 Å². The van der Waals surface area contributed by atoms with Crippen LogP contribution in [-0.2, 0) is 16.0 Å². The highest BCUT2D eigenvalue weighted by Gasteiger charge is 2.53. The van der Waals surface area contributed by atoms with Gasteiger partial charge in [-0.15, -0.1) is 0 Å². The maximum Gasteiger partial charge on any atom is 0.315 e. The first-order valence-electron chi connectivity index (χ1n) is 7.78. The van der Waals surface area contributed by atoms with Crippen LogP contribution in [0.2, 0.25) is 0 Å². The molecule has 2 saturated heterocycles. The fourth-order valence-electron chi connectivity index (χ4n) is 4.00. The van der Waals surface area contributed by atoms with Gasteiger partial charge >= 0.3 is 5.97 Å². The summed E-state index contributed by atoms with van der Waals surface area (Å²) in [5, 5.41) is 0. The minimum atomic E-state index is 0. The normalized spacial score (nSPS) is 30.0. The molecule has 0 unspecified atom stereocenters. The number of esters is 1. The van der Waals surface area contributed by atoms with E-state index in [4.69, 9.17) is 4.74 Å². The zero-order valence-corrected chi connectivity index (χ0v) is 14.2. The summed E-state index contributed by atoms with van der Waals surface area (Å²) in [6.07, 6.45) is 2.31. The Morgan fingerprint density at radius 1 is 1.29 bits per heavy atom. The van der Waals surface area contributed by atoms with Gasteiger partial charge in [0.2, 0.25) is 0 Å². The van der Waals surface area contributed by atoms with Crippen LogP contribution < -0.4 is 17.0 Å². The Morgan fingerprint density at radius 3 is 2.76 bits per heavy atom. The maximum absolute atomic E-state index is 12.0. The molecule has 0 aliphatic carbocycles. The molecular weight excluding hydrogens is 330 g/mol. The molecule has 116 valence electrons. The third kappa shape index (κ3) is 3.49. The highest BCUT2D eigenvalue weighted by molar-refractivity contribution is 5.73. The summed E-state index contributed by atoms with van der Waals surface area (Å²) >= 11 is 0. The summed E-state index contributed by atoms with van der Waals surface area (Å²) in [5.41, 5.74) is 1.41.